The highest BCUT2D eigenvalue weighted by Crippen LogP contribution is 2.34. The van der Waals surface area contributed by atoms with Gasteiger partial charge < -0.3 is 14.2 Å². The Labute approximate surface area is 169 Å². The molecule has 0 aromatic heterocycles. The van der Waals surface area contributed by atoms with Gasteiger partial charge in [0.15, 0.2) is 5.17 Å². The monoisotopic (exact) mass is 400 g/mol. The van der Waals surface area contributed by atoms with Crippen molar-refractivity contribution in [3.05, 3.63) is 48.0 Å². The fourth-order valence-corrected chi connectivity index (χ4v) is 4.25. The summed E-state index contributed by atoms with van der Waals surface area (Å²) in [6.45, 7) is 2.54. The molecule has 0 aliphatic carbocycles. The van der Waals surface area contributed by atoms with Gasteiger partial charge in [-0.05, 0) is 49.2 Å². The Morgan fingerprint density at radius 2 is 1.68 bits per heavy atom. The Balaban J connectivity index is 1.82. The second kappa shape index (κ2) is 9.01. The molecule has 0 unspecified atom stereocenters. The molecule has 2 aromatic rings. The molecule has 1 atom stereocenters. The summed E-state index contributed by atoms with van der Waals surface area (Å²) in [6, 6.07) is 13.1. The molecular weight excluding hydrogens is 376 g/mol. The minimum absolute atomic E-state index is 0.0673. The number of carbonyl (C=O) groups excluding carboxylic acids is 1. The molecule has 1 heterocycles. The van der Waals surface area contributed by atoms with E-state index >= 15 is 0 Å². The number of carbonyl (C=O) groups is 1. The first kappa shape index (κ1) is 20.1. The number of thioether (sulfide) groups is 1. The third-order valence-electron chi connectivity index (χ3n) is 4.53. The molecule has 1 aliphatic rings. The molecule has 0 N–H and O–H groups in total. The Morgan fingerprint density at radius 1 is 1.00 bits per heavy atom. The fraction of sp³-hybridized carbons (Fsp3) is 0.333. The lowest BCUT2D eigenvalue weighted by Crippen LogP contribution is -2.32. The van der Waals surface area contributed by atoms with Crippen molar-refractivity contribution in [1.82, 2.24) is 4.90 Å². The van der Waals surface area contributed by atoms with E-state index in [9.17, 15) is 4.79 Å². The van der Waals surface area contributed by atoms with E-state index in [1.807, 2.05) is 49.4 Å². The SMILES string of the molecule is CCN1C(=O)[C@H](Cc2ccc(OC)cc2OC)SC1=Nc1ccc(OC)cc1. The number of ether oxygens (including phenoxy) is 3. The van der Waals surface area contributed by atoms with E-state index in [4.69, 9.17) is 14.2 Å². The van der Waals surface area contributed by atoms with E-state index in [1.54, 1.807) is 26.2 Å². The molecular formula is C21H24N2O4S. The first-order chi connectivity index (χ1) is 13.6. The van der Waals surface area contributed by atoms with Crippen LogP contribution in [-0.4, -0.2) is 49.1 Å². The van der Waals surface area contributed by atoms with Crippen LogP contribution in [-0.2, 0) is 11.2 Å². The van der Waals surface area contributed by atoms with Gasteiger partial charge in [-0.25, -0.2) is 4.99 Å². The zero-order valence-electron chi connectivity index (χ0n) is 16.5. The lowest BCUT2D eigenvalue weighted by molar-refractivity contribution is -0.126. The molecule has 0 spiro atoms. The average molecular weight is 401 g/mol. The molecule has 0 radical (unpaired) electrons. The molecule has 0 bridgehead atoms. The summed E-state index contributed by atoms with van der Waals surface area (Å²) in [4.78, 5) is 19.3. The molecule has 6 nitrogen and oxygen atoms in total. The molecule has 148 valence electrons. The van der Waals surface area contributed by atoms with Gasteiger partial charge >= 0.3 is 0 Å². The van der Waals surface area contributed by atoms with Crippen LogP contribution in [0.25, 0.3) is 0 Å². The summed E-state index contributed by atoms with van der Waals surface area (Å²) >= 11 is 1.49. The molecule has 1 amide bonds. The number of rotatable bonds is 7. The quantitative estimate of drug-likeness (QED) is 0.705. The predicted octanol–water partition coefficient (Wildman–Crippen LogP) is 3.91. The summed E-state index contributed by atoms with van der Waals surface area (Å²) in [7, 11) is 4.87. The zero-order valence-corrected chi connectivity index (χ0v) is 17.3. The number of amidine groups is 1. The van der Waals surface area contributed by atoms with Gasteiger partial charge in [0.2, 0.25) is 5.91 Å². The van der Waals surface area contributed by atoms with Gasteiger partial charge in [-0.3, -0.25) is 9.69 Å². The molecule has 7 heteroatoms. The van der Waals surface area contributed by atoms with Gasteiger partial charge in [-0.2, -0.15) is 0 Å². The van der Waals surface area contributed by atoms with Crippen molar-refractivity contribution in [2.24, 2.45) is 4.99 Å². The van der Waals surface area contributed by atoms with Crippen molar-refractivity contribution in [3.8, 4) is 17.2 Å². The van der Waals surface area contributed by atoms with Crippen molar-refractivity contribution in [2.75, 3.05) is 27.9 Å². The van der Waals surface area contributed by atoms with E-state index in [1.165, 1.54) is 11.8 Å². The normalized spacial score (nSPS) is 17.9. The van der Waals surface area contributed by atoms with Crippen molar-refractivity contribution in [3.63, 3.8) is 0 Å². The third kappa shape index (κ3) is 4.25. The maximum atomic E-state index is 12.9. The van der Waals surface area contributed by atoms with Gasteiger partial charge in [-0.1, -0.05) is 17.8 Å². The van der Waals surface area contributed by atoms with Crippen LogP contribution in [0, 0.1) is 0 Å². The van der Waals surface area contributed by atoms with Gasteiger partial charge in [0.25, 0.3) is 0 Å². The first-order valence-electron chi connectivity index (χ1n) is 9.01. The van der Waals surface area contributed by atoms with Crippen LogP contribution in [0.2, 0.25) is 0 Å². The van der Waals surface area contributed by atoms with E-state index in [0.717, 1.165) is 33.7 Å². The molecule has 28 heavy (non-hydrogen) atoms. The van der Waals surface area contributed by atoms with Crippen LogP contribution in [0.4, 0.5) is 5.69 Å². The van der Waals surface area contributed by atoms with Crippen molar-refractivity contribution < 1.29 is 19.0 Å². The standard InChI is InChI=1S/C21H24N2O4S/c1-5-23-20(24)19(12-14-6-9-17(26-3)13-18(14)27-4)28-21(23)22-15-7-10-16(25-2)11-8-15/h6-11,13,19H,5,12H2,1-4H3/t19-/m0/s1. The second-order valence-corrected chi connectivity index (χ2v) is 7.33. The maximum Gasteiger partial charge on any atom is 0.242 e. The van der Waals surface area contributed by atoms with Gasteiger partial charge in [-0.15, -0.1) is 0 Å². The van der Waals surface area contributed by atoms with Crippen molar-refractivity contribution >= 4 is 28.5 Å². The van der Waals surface area contributed by atoms with Crippen LogP contribution in [0.15, 0.2) is 47.5 Å². The molecule has 2 aromatic carbocycles. The number of hydrogen-bond donors (Lipinski definition) is 0. The lowest BCUT2D eigenvalue weighted by atomic mass is 10.1. The molecule has 1 aliphatic heterocycles. The topological polar surface area (TPSA) is 60.4 Å². The van der Waals surface area contributed by atoms with Crippen molar-refractivity contribution in [1.29, 1.82) is 0 Å². The predicted molar refractivity (Wildman–Crippen MR) is 112 cm³/mol. The summed E-state index contributed by atoms with van der Waals surface area (Å²) in [5, 5.41) is 0.481. The fourth-order valence-electron chi connectivity index (χ4n) is 3.00. The largest absolute Gasteiger partial charge is 0.497 e. The summed E-state index contributed by atoms with van der Waals surface area (Å²) < 4.78 is 15.9. The Hall–Kier alpha value is -2.67. The Morgan fingerprint density at radius 3 is 2.29 bits per heavy atom. The minimum atomic E-state index is -0.237. The number of hydrogen-bond acceptors (Lipinski definition) is 6. The minimum Gasteiger partial charge on any atom is -0.497 e. The highest BCUT2D eigenvalue weighted by atomic mass is 32.2. The maximum absolute atomic E-state index is 12.9. The smallest absolute Gasteiger partial charge is 0.242 e. The summed E-state index contributed by atoms with van der Waals surface area (Å²) in [6.07, 6.45) is 0.564. The Bertz CT molecular complexity index is 867. The number of aliphatic imine (C=N–C) groups is 1. The molecule has 3 rings (SSSR count). The number of methoxy groups -OCH3 is 3. The summed E-state index contributed by atoms with van der Waals surface area (Å²) in [5.74, 6) is 2.29. The highest BCUT2D eigenvalue weighted by Gasteiger charge is 2.37. The molecule has 1 saturated heterocycles. The number of amides is 1. The van der Waals surface area contributed by atoms with E-state index in [0.29, 0.717) is 13.0 Å². The van der Waals surface area contributed by atoms with Gasteiger partial charge in [0.1, 0.15) is 17.2 Å². The van der Waals surface area contributed by atoms with Crippen LogP contribution < -0.4 is 14.2 Å². The third-order valence-corrected chi connectivity index (χ3v) is 5.71. The van der Waals surface area contributed by atoms with Crippen LogP contribution in [0.5, 0.6) is 17.2 Å². The number of nitrogens with zero attached hydrogens (tertiary/aromatic N) is 2. The van der Waals surface area contributed by atoms with E-state index in [2.05, 4.69) is 4.99 Å². The van der Waals surface area contributed by atoms with Crippen molar-refractivity contribution in [2.45, 2.75) is 18.6 Å². The lowest BCUT2D eigenvalue weighted by Gasteiger charge is -2.14. The van der Waals surface area contributed by atoms with Crippen LogP contribution >= 0.6 is 11.8 Å². The van der Waals surface area contributed by atoms with Crippen LogP contribution in [0.3, 0.4) is 0 Å². The second-order valence-electron chi connectivity index (χ2n) is 6.16. The van der Waals surface area contributed by atoms with E-state index < -0.39 is 0 Å². The van der Waals surface area contributed by atoms with Gasteiger partial charge in [0, 0.05) is 12.6 Å². The Kier molecular flexibility index (Phi) is 6.46. The molecule has 0 saturated carbocycles. The van der Waals surface area contributed by atoms with Gasteiger partial charge in [0.05, 0.1) is 32.3 Å². The highest BCUT2D eigenvalue weighted by molar-refractivity contribution is 8.15. The first-order valence-corrected chi connectivity index (χ1v) is 9.89. The van der Waals surface area contributed by atoms with E-state index in [-0.39, 0.29) is 11.2 Å². The molecule has 1 fully saturated rings. The average Bonchev–Trinajstić information content (AvgIpc) is 3.02. The van der Waals surface area contributed by atoms with Crippen LogP contribution in [0.1, 0.15) is 12.5 Å². The number of benzene rings is 2. The summed E-state index contributed by atoms with van der Waals surface area (Å²) in [5.41, 5.74) is 1.76. The zero-order chi connectivity index (χ0) is 20.1.